The lowest BCUT2D eigenvalue weighted by Crippen LogP contribution is -2.42. The number of thioether (sulfide) groups is 1. The number of methoxy groups -OCH3 is 1. The number of ether oxygens (including phenoxy) is 1. The van der Waals surface area contributed by atoms with Crippen LogP contribution in [0.4, 0.5) is 0 Å². The van der Waals surface area contributed by atoms with E-state index in [0.717, 1.165) is 25.1 Å². The minimum absolute atomic E-state index is 0.00138. The first-order chi connectivity index (χ1) is 8.56. The molecule has 18 heavy (non-hydrogen) atoms. The first-order valence-corrected chi connectivity index (χ1v) is 6.83. The fourth-order valence-electron chi connectivity index (χ4n) is 2.06. The second kappa shape index (κ2) is 5.27. The van der Waals surface area contributed by atoms with E-state index in [4.69, 9.17) is 9.84 Å². The van der Waals surface area contributed by atoms with E-state index in [-0.39, 0.29) is 11.4 Å². The van der Waals surface area contributed by atoms with Crippen LogP contribution < -0.4 is 0 Å². The minimum atomic E-state index is -0.850. The van der Waals surface area contributed by atoms with E-state index in [9.17, 15) is 4.79 Å². The van der Waals surface area contributed by atoms with Gasteiger partial charge in [0.2, 0.25) is 0 Å². The maximum Gasteiger partial charge on any atom is 0.313 e. The van der Waals surface area contributed by atoms with Crippen LogP contribution in [0.1, 0.15) is 25.1 Å². The van der Waals surface area contributed by atoms with Gasteiger partial charge in [-0.15, -0.1) is 10.2 Å². The fraction of sp³-hybridized carbons (Fsp3) is 0.727. The number of hydrogen-bond acceptors (Lipinski definition) is 5. The van der Waals surface area contributed by atoms with Crippen LogP contribution in [-0.2, 0) is 23.0 Å². The van der Waals surface area contributed by atoms with Crippen molar-refractivity contribution < 1.29 is 14.6 Å². The molecule has 7 heteroatoms. The third kappa shape index (κ3) is 2.67. The van der Waals surface area contributed by atoms with Gasteiger partial charge in [-0.3, -0.25) is 4.79 Å². The first kappa shape index (κ1) is 13.4. The monoisotopic (exact) mass is 271 g/mol. The predicted molar refractivity (Wildman–Crippen MR) is 66.7 cm³/mol. The molecule has 1 aliphatic carbocycles. The first-order valence-electron chi connectivity index (χ1n) is 5.84. The number of hydrogen-bond donors (Lipinski definition) is 1. The SMILES string of the molecule is COC1(Cc2nnc(SCC(=O)O)n2C)CCC1. The van der Waals surface area contributed by atoms with E-state index < -0.39 is 5.97 Å². The Labute approximate surface area is 110 Å². The van der Waals surface area contributed by atoms with Crippen LogP contribution in [-0.4, -0.2) is 44.3 Å². The Morgan fingerprint density at radius 2 is 2.28 bits per heavy atom. The molecule has 1 aromatic rings. The molecule has 0 radical (unpaired) electrons. The molecule has 6 nitrogen and oxygen atoms in total. The van der Waals surface area contributed by atoms with Gasteiger partial charge in [-0.1, -0.05) is 11.8 Å². The molecule has 0 saturated heterocycles. The van der Waals surface area contributed by atoms with E-state index in [1.165, 1.54) is 18.2 Å². The van der Waals surface area contributed by atoms with Gasteiger partial charge in [0.15, 0.2) is 5.16 Å². The molecule has 1 aromatic heterocycles. The Morgan fingerprint density at radius 3 is 2.78 bits per heavy atom. The van der Waals surface area contributed by atoms with Crippen LogP contribution in [0.3, 0.4) is 0 Å². The highest BCUT2D eigenvalue weighted by Gasteiger charge is 2.38. The molecule has 0 atom stereocenters. The number of aliphatic carboxylic acids is 1. The van der Waals surface area contributed by atoms with Crippen molar-refractivity contribution in [1.82, 2.24) is 14.8 Å². The zero-order valence-electron chi connectivity index (χ0n) is 10.5. The summed E-state index contributed by atoms with van der Waals surface area (Å²) in [6.07, 6.45) is 4.02. The van der Waals surface area contributed by atoms with Crippen LogP contribution in [0, 0.1) is 0 Å². The second-order valence-electron chi connectivity index (χ2n) is 4.56. The van der Waals surface area contributed by atoms with Crippen LogP contribution >= 0.6 is 11.8 Å². The zero-order valence-corrected chi connectivity index (χ0v) is 11.4. The number of nitrogens with zero attached hydrogens (tertiary/aromatic N) is 3. The summed E-state index contributed by atoms with van der Waals surface area (Å²) in [5, 5.41) is 17.4. The van der Waals surface area contributed by atoms with Crippen molar-refractivity contribution in [3.63, 3.8) is 0 Å². The minimum Gasteiger partial charge on any atom is -0.481 e. The van der Waals surface area contributed by atoms with Gasteiger partial charge in [0.05, 0.1) is 11.4 Å². The van der Waals surface area contributed by atoms with E-state index in [1.807, 2.05) is 11.6 Å². The number of carboxylic acids is 1. The Morgan fingerprint density at radius 1 is 1.56 bits per heavy atom. The highest BCUT2D eigenvalue weighted by atomic mass is 32.2. The lowest BCUT2D eigenvalue weighted by Gasteiger charge is -2.40. The maximum atomic E-state index is 10.5. The molecule has 100 valence electrons. The van der Waals surface area contributed by atoms with E-state index in [2.05, 4.69) is 10.2 Å². The summed E-state index contributed by atoms with van der Waals surface area (Å²) in [6, 6.07) is 0. The van der Waals surface area contributed by atoms with Crippen LogP contribution in [0.5, 0.6) is 0 Å². The summed E-state index contributed by atoms with van der Waals surface area (Å²) in [5.74, 6) is 0.00263. The van der Waals surface area contributed by atoms with Crippen molar-refractivity contribution in [2.45, 2.75) is 36.4 Å². The standard InChI is InChI=1S/C11H17N3O3S/c1-14-8(6-11(17-2)4-3-5-11)12-13-10(14)18-7-9(15)16/h3-7H2,1-2H3,(H,15,16). The second-order valence-corrected chi connectivity index (χ2v) is 5.50. The Hall–Kier alpha value is -1.08. The van der Waals surface area contributed by atoms with Crippen molar-refractivity contribution >= 4 is 17.7 Å². The van der Waals surface area contributed by atoms with Crippen molar-refractivity contribution in [2.75, 3.05) is 12.9 Å². The number of carboxylic acid groups (broad SMARTS) is 1. The Balaban J connectivity index is 2.03. The molecule has 1 aliphatic rings. The van der Waals surface area contributed by atoms with Gasteiger partial charge in [0.25, 0.3) is 0 Å². The average molecular weight is 271 g/mol. The van der Waals surface area contributed by atoms with Crippen LogP contribution in [0.15, 0.2) is 5.16 Å². The molecular formula is C11H17N3O3S. The van der Waals surface area contributed by atoms with E-state index >= 15 is 0 Å². The highest BCUT2D eigenvalue weighted by Crippen LogP contribution is 2.37. The van der Waals surface area contributed by atoms with Gasteiger partial charge in [-0.2, -0.15) is 0 Å². The molecule has 0 aromatic carbocycles. The summed E-state index contributed by atoms with van der Waals surface area (Å²) in [6.45, 7) is 0. The number of aromatic nitrogens is 3. The van der Waals surface area contributed by atoms with Crippen molar-refractivity contribution in [3.8, 4) is 0 Å². The topological polar surface area (TPSA) is 77.2 Å². The smallest absolute Gasteiger partial charge is 0.313 e. The molecule has 0 amide bonds. The fourth-order valence-corrected chi connectivity index (χ4v) is 2.71. The molecule has 0 bridgehead atoms. The quantitative estimate of drug-likeness (QED) is 0.781. The van der Waals surface area contributed by atoms with Gasteiger partial charge in [0.1, 0.15) is 5.82 Å². The van der Waals surface area contributed by atoms with Crippen molar-refractivity contribution in [2.24, 2.45) is 7.05 Å². The largest absolute Gasteiger partial charge is 0.481 e. The average Bonchev–Trinajstić information content (AvgIpc) is 2.62. The molecule has 0 unspecified atom stereocenters. The maximum absolute atomic E-state index is 10.5. The zero-order chi connectivity index (χ0) is 13.2. The molecule has 1 fully saturated rings. The van der Waals surface area contributed by atoms with E-state index in [0.29, 0.717) is 5.16 Å². The molecule has 0 aliphatic heterocycles. The molecule has 1 heterocycles. The summed E-state index contributed by atoms with van der Waals surface area (Å²) < 4.78 is 7.41. The predicted octanol–water partition coefficient (Wildman–Crippen LogP) is 1.10. The summed E-state index contributed by atoms with van der Waals surface area (Å²) >= 11 is 1.18. The molecule has 2 rings (SSSR count). The normalized spacial score (nSPS) is 17.4. The summed E-state index contributed by atoms with van der Waals surface area (Å²) in [7, 11) is 3.59. The number of rotatable bonds is 6. The van der Waals surface area contributed by atoms with Gasteiger partial charge < -0.3 is 14.4 Å². The number of carbonyl (C=O) groups is 1. The van der Waals surface area contributed by atoms with E-state index in [1.54, 1.807) is 7.11 Å². The molecule has 1 N–H and O–H groups in total. The Kier molecular flexibility index (Phi) is 3.91. The summed E-state index contributed by atoms with van der Waals surface area (Å²) in [4.78, 5) is 10.5. The molecular weight excluding hydrogens is 254 g/mol. The van der Waals surface area contributed by atoms with Gasteiger partial charge >= 0.3 is 5.97 Å². The lowest BCUT2D eigenvalue weighted by molar-refractivity contribution is -0.133. The Bertz CT molecular complexity index is 437. The molecule has 1 saturated carbocycles. The van der Waals surface area contributed by atoms with Crippen molar-refractivity contribution in [1.29, 1.82) is 0 Å². The third-order valence-corrected chi connectivity index (χ3v) is 4.43. The van der Waals surface area contributed by atoms with Gasteiger partial charge in [0, 0.05) is 20.6 Å². The third-order valence-electron chi connectivity index (χ3n) is 3.43. The summed E-state index contributed by atoms with van der Waals surface area (Å²) in [5.41, 5.74) is -0.0878. The lowest BCUT2D eigenvalue weighted by atomic mass is 9.77. The van der Waals surface area contributed by atoms with Crippen LogP contribution in [0.2, 0.25) is 0 Å². The van der Waals surface area contributed by atoms with Crippen LogP contribution in [0.25, 0.3) is 0 Å². The van der Waals surface area contributed by atoms with Gasteiger partial charge in [-0.05, 0) is 19.3 Å². The van der Waals surface area contributed by atoms with Crippen molar-refractivity contribution in [3.05, 3.63) is 5.82 Å². The molecule has 0 spiro atoms. The van der Waals surface area contributed by atoms with Gasteiger partial charge in [-0.25, -0.2) is 0 Å². The highest BCUT2D eigenvalue weighted by molar-refractivity contribution is 7.99.